The van der Waals surface area contributed by atoms with Crippen molar-refractivity contribution < 1.29 is 13.2 Å². The maximum absolute atomic E-state index is 13.5. The van der Waals surface area contributed by atoms with Gasteiger partial charge in [0.15, 0.2) is 0 Å². The predicted octanol–water partition coefficient (Wildman–Crippen LogP) is 5.17. The van der Waals surface area contributed by atoms with E-state index in [9.17, 15) is 13.2 Å². The first-order valence-electron chi connectivity index (χ1n) is 11.2. The number of amides is 1. The number of carbonyl (C=O) groups is 1. The fourth-order valence-corrected chi connectivity index (χ4v) is 6.05. The van der Waals surface area contributed by atoms with Crippen molar-refractivity contribution in [2.24, 2.45) is 0 Å². The molecule has 0 unspecified atom stereocenters. The highest BCUT2D eigenvalue weighted by Gasteiger charge is 2.28. The smallest absolute Gasteiger partial charge is 0.264 e. The molecular formula is C27H32N2O3S2. The van der Waals surface area contributed by atoms with E-state index in [2.05, 4.69) is 24.4 Å². The van der Waals surface area contributed by atoms with Crippen LogP contribution in [0.5, 0.6) is 0 Å². The number of hydrogen-bond donors (Lipinski definition) is 1. The summed E-state index contributed by atoms with van der Waals surface area (Å²) in [5.41, 5.74) is 5.85. The minimum absolute atomic E-state index is 0.166. The average molecular weight is 497 g/mol. The molecule has 1 N–H and O–H groups in total. The molecule has 0 aliphatic carbocycles. The number of anilines is 1. The van der Waals surface area contributed by atoms with Gasteiger partial charge >= 0.3 is 0 Å². The summed E-state index contributed by atoms with van der Waals surface area (Å²) >= 11 is 1.74. The summed E-state index contributed by atoms with van der Waals surface area (Å²) in [5, 5.41) is 2.88. The van der Waals surface area contributed by atoms with Crippen LogP contribution < -0.4 is 9.62 Å². The van der Waals surface area contributed by atoms with E-state index in [4.69, 9.17) is 0 Å². The summed E-state index contributed by atoms with van der Waals surface area (Å²) < 4.78 is 28.3. The molecule has 0 aliphatic heterocycles. The van der Waals surface area contributed by atoms with Crippen LogP contribution in [0, 0.1) is 27.7 Å². The Morgan fingerprint density at radius 1 is 0.882 bits per heavy atom. The minimum atomic E-state index is -3.91. The molecule has 0 bridgehead atoms. The van der Waals surface area contributed by atoms with E-state index in [1.54, 1.807) is 42.1 Å². The van der Waals surface area contributed by atoms with E-state index in [-0.39, 0.29) is 17.3 Å². The van der Waals surface area contributed by atoms with Crippen molar-refractivity contribution >= 4 is 33.4 Å². The number of benzene rings is 3. The molecular weight excluding hydrogens is 464 g/mol. The molecule has 3 aromatic rings. The van der Waals surface area contributed by atoms with Crippen molar-refractivity contribution in [2.45, 2.75) is 38.3 Å². The number of carbonyl (C=O) groups excluding carboxylic acids is 1. The number of aryl methyl sites for hydroxylation is 4. The summed E-state index contributed by atoms with van der Waals surface area (Å²) in [4.78, 5) is 13.0. The number of rotatable bonds is 10. The third-order valence-electron chi connectivity index (χ3n) is 5.60. The van der Waals surface area contributed by atoms with Crippen molar-refractivity contribution in [1.29, 1.82) is 0 Å². The Labute approximate surface area is 207 Å². The maximum atomic E-state index is 13.5. The van der Waals surface area contributed by atoms with E-state index < -0.39 is 10.0 Å². The fraction of sp³-hybridized carbons (Fsp3) is 0.296. The van der Waals surface area contributed by atoms with Gasteiger partial charge in [-0.25, -0.2) is 8.42 Å². The van der Waals surface area contributed by atoms with E-state index in [0.717, 1.165) is 28.2 Å². The molecule has 5 nitrogen and oxygen atoms in total. The van der Waals surface area contributed by atoms with Crippen LogP contribution in [-0.2, 0) is 20.6 Å². The van der Waals surface area contributed by atoms with Gasteiger partial charge < -0.3 is 5.32 Å². The Morgan fingerprint density at radius 2 is 1.56 bits per heavy atom. The predicted molar refractivity (Wildman–Crippen MR) is 142 cm³/mol. The zero-order chi connectivity index (χ0) is 24.7. The lowest BCUT2D eigenvalue weighted by Crippen LogP contribution is -2.41. The number of hydrogen-bond acceptors (Lipinski definition) is 4. The molecule has 0 spiro atoms. The van der Waals surface area contributed by atoms with E-state index in [1.165, 1.54) is 15.4 Å². The van der Waals surface area contributed by atoms with Gasteiger partial charge in [0.25, 0.3) is 10.0 Å². The van der Waals surface area contributed by atoms with Crippen LogP contribution in [0.15, 0.2) is 71.6 Å². The third kappa shape index (κ3) is 6.64. The lowest BCUT2D eigenvalue weighted by atomic mass is 10.1. The van der Waals surface area contributed by atoms with Gasteiger partial charge in [-0.05, 0) is 62.6 Å². The van der Waals surface area contributed by atoms with E-state index >= 15 is 0 Å². The van der Waals surface area contributed by atoms with Crippen molar-refractivity contribution in [2.75, 3.05) is 23.1 Å². The van der Waals surface area contributed by atoms with Gasteiger partial charge in [-0.1, -0.05) is 59.7 Å². The highest BCUT2D eigenvalue weighted by Crippen LogP contribution is 2.27. The Morgan fingerprint density at radius 3 is 2.24 bits per heavy atom. The second-order valence-electron chi connectivity index (χ2n) is 8.44. The van der Waals surface area contributed by atoms with Crippen molar-refractivity contribution in [3.05, 3.63) is 94.5 Å². The van der Waals surface area contributed by atoms with Crippen LogP contribution in [0.1, 0.15) is 27.8 Å². The first-order valence-corrected chi connectivity index (χ1v) is 13.8. The number of thioether (sulfide) groups is 1. The highest BCUT2D eigenvalue weighted by molar-refractivity contribution is 7.98. The first-order chi connectivity index (χ1) is 16.2. The van der Waals surface area contributed by atoms with Crippen LogP contribution in [-0.4, -0.2) is 33.2 Å². The Kier molecular flexibility index (Phi) is 8.80. The van der Waals surface area contributed by atoms with Gasteiger partial charge in [-0.15, -0.1) is 0 Å². The summed E-state index contributed by atoms with van der Waals surface area (Å²) in [6.07, 6.45) is 0. The monoisotopic (exact) mass is 496 g/mol. The molecule has 180 valence electrons. The van der Waals surface area contributed by atoms with Crippen molar-refractivity contribution in [1.82, 2.24) is 5.32 Å². The summed E-state index contributed by atoms with van der Waals surface area (Å²) in [6.45, 7) is 8.01. The van der Waals surface area contributed by atoms with Crippen molar-refractivity contribution in [3.63, 3.8) is 0 Å². The third-order valence-corrected chi connectivity index (χ3v) is 8.39. The quantitative estimate of drug-likeness (QED) is 0.394. The average Bonchev–Trinajstić information content (AvgIpc) is 2.79. The zero-order valence-electron chi connectivity index (χ0n) is 20.2. The molecule has 0 fully saturated rings. The Bertz CT molecular complexity index is 1240. The lowest BCUT2D eigenvalue weighted by Gasteiger charge is -2.26. The van der Waals surface area contributed by atoms with E-state index in [1.807, 2.05) is 45.0 Å². The zero-order valence-corrected chi connectivity index (χ0v) is 21.8. The standard InChI is InChI=1S/C27H32N2O3S2/c1-20-9-12-25(13-10-20)34(31,32)29(26-14-11-21(2)17-23(26)4)18-27(30)28-15-16-33-19-24-8-6-5-7-22(24)3/h5-14,17H,15-16,18-19H2,1-4H3,(H,28,30). The number of sulfonamides is 1. The van der Waals surface area contributed by atoms with Gasteiger partial charge in [0, 0.05) is 18.1 Å². The van der Waals surface area contributed by atoms with Crippen LogP contribution in [0.2, 0.25) is 0 Å². The molecule has 0 aliphatic rings. The summed E-state index contributed by atoms with van der Waals surface area (Å²) in [5.74, 6) is 1.29. The van der Waals surface area contributed by atoms with Crippen LogP contribution in [0.3, 0.4) is 0 Å². The SMILES string of the molecule is Cc1ccc(S(=O)(=O)N(CC(=O)NCCSCc2ccccc2C)c2ccc(C)cc2C)cc1. The van der Waals surface area contributed by atoms with Gasteiger partial charge in [0.05, 0.1) is 10.6 Å². The van der Waals surface area contributed by atoms with Gasteiger partial charge in [-0.3, -0.25) is 9.10 Å². The first kappa shape index (κ1) is 25.8. The molecule has 34 heavy (non-hydrogen) atoms. The maximum Gasteiger partial charge on any atom is 0.264 e. The largest absolute Gasteiger partial charge is 0.354 e. The van der Waals surface area contributed by atoms with Crippen LogP contribution in [0.25, 0.3) is 0 Å². The number of nitrogens with one attached hydrogen (secondary N) is 1. The van der Waals surface area contributed by atoms with Crippen molar-refractivity contribution in [3.8, 4) is 0 Å². The molecule has 0 radical (unpaired) electrons. The molecule has 7 heteroatoms. The Hall–Kier alpha value is -2.77. The lowest BCUT2D eigenvalue weighted by molar-refractivity contribution is -0.119. The molecule has 3 aromatic carbocycles. The molecule has 0 atom stereocenters. The number of nitrogens with zero attached hydrogens (tertiary/aromatic N) is 1. The van der Waals surface area contributed by atoms with Crippen LogP contribution in [0.4, 0.5) is 5.69 Å². The molecule has 0 heterocycles. The second-order valence-corrected chi connectivity index (χ2v) is 11.4. The minimum Gasteiger partial charge on any atom is -0.354 e. The van der Waals surface area contributed by atoms with Crippen LogP contribution >= 0.6 is 11.8 Å². The molecule has 1 amide bonds. The molecule has 0 aromatic heterocycles. The van der Waals surface area contributed by atoms with E-state index in [0.29, 0.717) is 12.2 Å². The van der Waals surface area contributed by atoms with Gasteiger partial charge in [-0.2, -0.15) is 11.8 Å². The van der Waals surface area contributed by atoms with Gasteiger partial charge in [0.2, 0.25) is 5.91 Å². The second kappa shape index (κ2) is 11.6. The molecule has 0 saturated carbocycles. The Balaban J connectivity index is 1.69. The van der Waals surface area contributed by atoms with Gasteiger partial charge in [0.1, 0.15) is 6.54 Å². The summed E-state index contributed by atoms with van der Waals surface area (Å²) in [7, 11) is -3.91. The summed E-state index contributed by atoms with van der Waals surface area (Å²) in [6, 6.07) is 20.5. The normalized spacial score (nSPS) is 11.3. The molecule has 3 rings (SSSR count). The highest BCUT2D eigenvalue weighted by atomic mass is 32.2. The molecule has 0 saturated heterocycles. The fourth-order valence-electron chi connectivity index (χ4n) is 3.63. The topological polar surface area (TPSA) is 66.5 Å².